The van der Waals surface area contributed by atoms with E-state index in [2.05, 4.69) is 38.9 Å². The molecule has 0 aromatic rings. The molecule has 3 nitrogen and oxygen atoms in total. The number of hydrogen-bond acceptors (Lipinski definition) is 3. The molecule has 0 heterocycles. The third-order valence-corrected chi connectivity index (χ3v) is 16.6. The molecule has 20 heavy (non-hydrogen) atoms. The Hall–Kier alpha value is 1.48. The summed E-state index contributed by atoms with van der Waals surface area (Å²) in [7, 11) is 0. The molecule has 0 aliphatic heterocycles. The number of rotatable bonds is 15. The zero-order valence-electron chi connectivity index (χ0n) is 13.6. The van der Waals surface area contributed by atoms with Gasteiger partial charge in [-0.3, -0.25) is 0 Å². The van der Waals surface area contributed by atoms with Crippen molar-refractivity contribution in [3.05, 3.63) is 0 Å². The fourth-order valence-electron chi connectivity index (χ4n) is 1.76. The minimum absolute atomic E-state index is 0.805. The Bertz CT molecular complexity index is 174. The van der Waals surface area contributed by atoms with Gasteiger partial charge in [-0.25, -0.2) is 0 Å². The van der Waals surface area contributed by atoms with Gasteiger partial charge in [0.1, 0.15) is 0 Å². The first-order valence-electron chi connectivity index (χ1n) is 8.29. The summed E-state index contributed by atoms with van der Waals surface area (Å²) in [4.78, 5) is 0. The Morgan fingerprint density at radius 1 is 0.600 bits per heavy atom. The van der Waals surface area contributed by atoms with E-state index in [4.69, 9.17) is 8.56 Å². The maximum absolute atomic E-state index is 6.06. The second-order valence-electron chi connectivity index (χ2n) is 5.15. The summed E-state index contributed by atoms with van der Waals surface area (Å²) in [5.41, 5.74) is 0. The van der Waals surface area contributed by atoms with Crippen LogP contribution >= 0.6 is 18.1 Å². The van der Waals surface area contributed by atoms with Crippen molar-refractivity contribution in [1.82, 2.24) is 0 Å². The molecule has 0 rings (SSSR count). The average Bonchev–Trinajstić information content (AvgIpc) is 2.45. The van der Waals surface area contributed by atoms with Crippen LogP contribution in [0.25, 0.3) is 0 Å². The van der Waals surface area contributed by atoms with E-state index in [1.54, 1.807) is 0 Å². The van der Waals surface area contributed by atoms with Crippen molar-refractivity contribution >= 4 is 18.1 Å². The summed E-state index contributed by atoms with van der Waals surface area (Å²) in [6.07, 6.45) is 10.7. The molecule has 0 fully saturated rings. The van der Waals surface area contributed by atoms with Crippen LogP contribution in [0.15, 0.2) is 0 Å². The first-order valence-corrected chi connectivity index (χ1v) is 22.9. The molecule has 0 aromatic carbocycles. The zero-order chi connectivity index (χ0) is 15.1. The average molecular weight is 567 g/mol. The van der Waals surface area contributed by atoms with E-state index in [-0.39, 0.29) is 0 Å². The van der Waals surface area contributed by atoms with Crippen LogP contribution in [-0.2, 0) is 25.7 Å². The summed E-state index contributed by atoms with van der Waals surface area (Å²) in [5, 5.41) is 0. The van der Waals surface area contributed by atoms with Gasteiger partial charge in [0.25, 0.3) is 0 Å². The Balaban J connectivity index is 3.98. The minimum atomic E-state index is -3.36. The molecular weight excluding hydrogens is 534 g/mol. The Morgan fingerprint density at radius 2 is 0.900 bits per heavy atom. The summed E-state index contributed by atoms with van der Waals surface area (Å²) < 4.78 is 18.2. The molecule has 0 aliphatic carbocycles. The van der Waals surface area contributed by atoms with Gasteiger partial charge in [-0.05, 0) is 0 Å². The summed E-state index contributed by atoms with van der Waals surface area (Å²) >= 11 is -0.972. The van der Waals surface area contributed by atoms with E-state index >= 15 is 0 Å². The monoisotopic (exact) mass is 568 g/mol. The summed E-state index contributed by atoms with van der Waals surface area (Å²) in [6.45, 7) is 9.05. The van der Waals surface area contributed by atoms with Gasteiger partial charge in [-0.2, -0.15) is 0 Å². The van der Waals surface area contributed by atoms with Crippen LogP contribution < -0.4 is 0 Å². The Labute approximate surface area is 141 Å². The van der Waals surface area contributed by atoms with Gasteiger partial charge in [0.15, 0.2) is 0 Å². The number of unbranched alkanes of at least 4 members (excludes halogenated alkanes) is 6. The van der Waals surface area contributed by atoms with Crippen LogP contribution in [0.2, 0.25) is 0 Å². The molecule has 0 N–H and O–H groups in total. The van der Waals surface area contributed by atoms with E-state index in [0.717, 1.165) is 39.1 Å². The van der Waals surface area contributed by atoms with E-state index in [1.165, 1.54) is 38.5 Å². The second kappa shape index (κ2) is 15.4. The first kappa shape index (κ1) is 21.5. The number of hydrogen-bond donors (Lipinski definition) is 0. The molecule has 0 spiro atoms. The van der Waals surface area contributed by atoms with Crippen molar-refractivity contribution < 1.29 is 25.7 Å². The van der Waals surface area contributed by atoms with E-state index in [0.29, 0.717) is 0 Å². The Morgan fingerprint density at radius 3 is 1.15 bits per heavy atom. The SMILES string of the molecule is CCCCC[O][Hf]([I])([O]CCCCC)[O]CCCCC. The van der Waals surface area contributed by atoms with Crippen molar-refractivity contribution in [3.8, 4) is 0 Å². The van der Waals surface area contributed by atoms with E-state index < -0.39 is 17.1 Å². The molecule has 0 saturated heterocycles. The molecule has 0 saturated carbocycles. The van der Waals surface area contributed by atoms with E-state index in [1.807, 2.05) is 0 Å². The van der Waals surface area contributed by atoms with Gasteiger partial charge in [-0.15, -0.1) is 0 Å². The molecule has 0 atom stereocenters. The first-order chi connectivity index (χ1) is 9.68. The predicted molar refractivity (Wildman–Crippen MR) is 90.5 cm³/mol. The molecule has 122 valence electrons. The summed E-state index contributed by atoms with van der Waals surface area (Å²) in [5.74, 6) is 0. The van der Waals surface area contributed by atoms with Crippen LogP contribution in [0.5, 0.6) is 0 Å². The Kier molecular flexibility index (Phi) is 16.5. The standard InChI is InChI=1S/3C5H11O.Hf.HI/c3*1-2-3-4-5-6;;/h3*2-5H2,1H3;;1H/q3*-1;+4;/p-1. The van der Waals surface area contributed by atoms with Crippen LogP contribution in [-0.4, -0.2) is 19.8 Å². The second-order valence-corrected chi connectivity index (χ2v) is 22.5. The fourth-order valence-corrected chi connectivity index (χ4v) is 12.3. The normalized spacial score (nSPS) is 12.0. The van der Waals surface area contributed by atoms with Crippen LogP contribution in [0, 0.1) is 0 Å². The van der Waals surface area contributed by atoms with Gasteiger partial charge < -0.3 is 0 Å². The molecule has 0 bridgehead atoms. The van der Waals surface area contributed by atoms with Gasteiger partial charge in [0.05, 0.1) is 0 Å². The van der Waals surface area contributed by atoms with Gasteiger partial charge >= 0.3 is 142 Å². The van der Waals surface area contributed by atoms with E-state index in [9.17, 15) is 0 Å². The van der Waals surface area contributed by atoms with Gasteiger partial charge in [0, 0.05) is 0 Å². The summed E-state index contributed by atoms with van der Waals surface area (Å²) in [6, 6.07) is 0. The molecule has 0 aliphatic rings. The topological polar surface area (TPSA) is 27.7 Å². The molecule has 5 heteroatoms. The fraction of sp³-hybridized carbons (Fsp3) is 1.00. The molecular formula is C15H33HfIO3. The predicted octanol–water partition coefficient (Wildman–Crippen LogP) is 5.86. The van der Waals surface area contributed by atoms with Crippen LogP contribution in [0.4, 0.5) is 0 Å². The molecule has 0 aromatic heterocycles. The number of halogens is 1. The van der Waals surface area contributed by atoms with Gasteiger partial charge in [-0.1, -0.05) is 0 Å². The van der Waals surface area contributed by atoms with Crippen molar-refractivity contribution in [2.24, 2.45) is 0 Å². The van der Waals surface area contributed by atoms with Gasteiger partial charge in [0.2, 0.25) is 0 Å². The third-order valence-electron chi connectivity index (χ3n) is 3.07. The van der Waals surface area contributed by atoms with Crippen molar-refractivity contribution in [2.45, 2.75) is 78.6 Å². The zero-order valence-corrected chi connectivity index (χ0v) is 19.3. The molecule has 0 unspecified atom stereocenters. The molecule has 0 radical (unpaired) electrons. The van der Waals surface area contributed by atoms with Crippen LogP contribution in [0.3, 0.4) is 0 Å². The maximum atomic E-state index is 6.06. The third kappa shape index (κ3) is 13.2. The van der Waals surface area contributed by atoms with Crippen molar-refractivity contribution in [3.63, 3.8) is 0 Å². The van der Waals surface area contributed by atoms with Crippen molar-refractivity contribution in [2.75, 3.05) is 19.8 Å². The van der Waals surface area contributed by atoms with Crippen molar-refractivity contribution in [1.29, 1.82) is 0 Å². The molecule has 0 amide bonds. The quantitative estimate of drug-likeness (QED) is 0.141. The van der Waals surface area contributed by atoms with Crippen LogP contribution in [0.1, 0.15) is 78.6 Å².